The molecule has 0 saturated carbocycles. The summed E-state index contributed by atoms with van der Waals surface area (Å²) in [5.74, 6) is -5.04. The highest BCUT2D eigenvalue weighted by atomic mass is 19.4. The standard InChI is InChI=1S/C26H26F6N6O4/c1-15(17-7-11-19(12-8-17)33-23(41)25(27,28)29)35-37-21(39)5-3-4-6-22(40)38-36-16(2)18-9-13-20(14-10-18)34-24(42)26(30,31)32/h7-14H,3-6H2,1-2H3,(H,33,41)(H,34,42)(H,37,39)(H,38,40). The van der Waals surface area contributed by atoms with E-state index in [9.17, 15) is 45.5 Å². The van der Waals surface area contributed by atoms with Crippen LogP contribution in [-0.2, 0) is 19.2 Å². The molecule has 2 rings (SSSR count). The van der Waals surface area contributed by atoms with Gasteiger partial charge in [-0.1, -0.05) is 24.3 Å². The Hall–Kier alpha value is -4.76. The molecule has 0 spiro atoms. The Morgan fingerprint density at radius 1 is 0.595 bits per heavy atom. The molecule has 16 heteroatoms. The zero-order chi connectivity index (χ0) is 31.5. The summed E-state index contributed by atoms with van der Waals surface area (Å²) in [6.07, 6.45) is -9.19. The van der Waals surface area contributed by atoms with Crippen molar-refractivity contribution in [2.75, 3.05) is 10.6 Å². The van der Waals surface area contributed by atoms with Crippen LogP contribution in [0.5, 0.6) is 0 Å². The van der Waals surface area contributed by atoms with Gasteiger partial charge >= 0.3 is 24.2 Å². The second-order valence-corrected chi connectivity index (χ2v) is 8.73. The smallest absolute Gasteiger partial charge is 0.318 e. The van der Waals surface area contributed by atoms with Gasteiger partial charge in [-0.2, -0.15) is 36.5 Å². The number of hydrogen-bond donors (Lipinski definition) is 4. The van der Waals surface area contributed by atoms with Crippen LogP contribution < -0.4 is 21.5 Å². The second-order valence-electron chi connectivity index (χ2n) is 8.73. The summed E-state index contributed by atoms with van der Waals surface area (Å²) in [4.78, 5) is 46.0. The number of carbonyl (C=O) groups is 4. The van der Waals surface area contributed by atoms with Crippen molar-refractivity contribution >= 4 is 46.4 Å². The molecule has 2 aromatic rings. The lowest BCUT2D eigenvalue weighted by Gasteiger charge is -2.09. The maximum Gasteiger partial charge on any atom is 0.471 e. The summed E-state index contributed by atoms with van der Waals surface area (Å²) in [7, 11) is 0. The third-order valence-electron chi connectivity index (χ3n) is 5.39. The van der Waals surface area contributed by atoms with Crippen LogP contribution in [0.3, 0.4) is 0 Å². The number of hydrazone groups is 2. The molecule has 0 aliphatic heterocycles. The van der Waals surface area contributed by atoms with Crippen LogP contribution in [0.25, 0.3) is 0 Å². The van der Waals surface area contributed by atoms with E-state index < -0.39 is 36.0 Å². The minimum Gasteiger partial charge on any atom is -0.318 e. The van der Waals surface area contributed by atoms with Crippen molar-refractivity contribution in [1.29, 1.82) is 0 Å². The summed E-state index contributed by atoms with van der Waals surface area (Å²) in [5.41, 5.74) is 6.30. The fourth-order valence-electron chi connectivity index (χ4n) is 3.10. The number of nitrogens with zero attached hydrogens (tertiary/aromatic N) is 2. The van der Waals surface area contributed by atoms with Crippen LogP contribution in [0.1, 0.15) is 50.7 Å². The van der Waals surface area contributed by atoms with Gasteiger partial charge < -0.3 is 10.6 Å². The van der Waals surface area contributed by atoms with Gasteiger partial charge in [-0.05, 0) is 62.1 Å². The average Bonchev–Trinajstić information content (AvgIpc) is 2.92. The van der Waals surface area contributed by atoms with Crippen molar-refractivity contribution in [2.45, 2.75) is 51.9 Å². The molecule has 4 N–H and O–H groups in total. The van der Waals surface area contributed by atoms with Crippen molar-refractivity contribution < 1.29 is 45.5 Å². The first-order valence-electron chi connectivity index (χ1n) is 12.2. The van der Waals surface area contributed by atoms with E-state index in [-0.39, 0.29) is 24.2 Å². The first-order chi connectivity index (χ1) is 19.6. The largest absolute Gasteiger partial charge is 0.471 e. The Balaban J connectivity index is 1.71. The van der Waals surface area contributed by atoms with Crippen LogP contribution in [0.2, 0.25) is 0 Å². The van der Waals surface area contributed by atoms with Gasteiger partial charge in [0, 0.05) is 24.2 Å². The Bertz CT molecular complexity index is 1230. The lowest BCUT2D eigenvalue weighted by molar-refractivity contribution is -0.167. The van der Waals surface area contributed by atoms with Gasteiger partial charge in [-0.15, -0.1) is 0 Å². The van der Waals surface area contributed by atoms with Crippen LogP contribution in [0, 0.1) is 0 Å². The maximum atomic E-state index is 12.3. The summed E-state index contributed by atoms with van der Waals surface area (Å²) in [6.45, 7) is 3.13. The summed E-state index contributed by atoms with van der Waals surface area (Å²) < 4.78 is 73.9. The van der Waals surface area contributed by atoms with Crippen LogP contribution in [-0.4, -0.2) is 47.4 Å². The third kappa shape index (κ3) is 11.4. The van der Waals surface area contributed by atoms with Gasteiger partial charge in [-0.3, -0.25) is 19.2 Å². The topological polar surface area (TPSA) is 141 Å². The van der Waals surface area contributed by atoms with Gasteiger partial charge in [0.15, 0.2) is 0 Å². The molecule has 4 amide bonds. The molecule has 0 unspecified atom stereocenters. The number of carbonyl (C=O) groups excluding carboxylic acids is 4. The number of alkyl halides is 6. The third-order valence-corrected chi connectivity index (χ3v) is 5.39. The summed E-state index contributed by atoms with van der Waals surface area (Å²) in [5, 5.41) is 11.3. The molecule has 0 aliphatic rings. The van der Waals surface area contributed by atoms with Gasteiger partial charge in [0.1, 0.15) is 0 Å². The van der Waals surface area contributed by atoms with Crippen molar-refractivity contribution in [3.05, 3.63) is 59.7 Å². The van der Waals surface area contributed by atoms with E-state index in [2.05, 4.69) is 21.1 Å². The number of rotatable bonds is 11. The fraction of sp³-hybridized carbons (Fsp3) is 0.308. The van der Waals surface area contributed by atoms with E-state index in [1.165, 1.54) is 48.5 Å². The molecule has 226 valence electrons. The molecule has 0 radical (unpaired) electrons. The summed E-state index contributed by atoms with van der Waals surface area (Å²) in [6, 6.07) is 10.7. The van der Waals surface area contributed by atoms with Crippen LogP contribution in [0.4, 0.5) is 37.7 Å². The molecule has 0 fully saturated rings. The maximum absolute atomic E-state index is 12.3. The molecule has 0 heterocycles. The molecule has 0 atom stereocenters. The van der Waals surface area contributed by atoms with Gasteiger partial charge in [0.25, 0.3) is 0 Å². The number of benzene rings is 2. The molecule has 0 bridgehead atoms. The first-order valence-corrected chi connectivity index (χ1v) is 12.2. The molecule has 0 aromatic heterocycles. The monoisotopic (exact) mass is 600 g/mol. The first kappa shape index (κ1) is 33.4. The van der Waals surface area contributed by atoms with Crippen molar-refractivity contribution in [2.24, 2.45) is 10.2 Å². The molecule has 0 saturated heterocycles. The van der Waals surface area contributed by atoms with E-state index in [0.29, 0.717) is 35.4 Å². The molecule has 2 aromatic carbocycles. The van der Waals surface area contributed by atoms with E-state index in [4.69, 9.17) is 0 Å². The minimum atomic E-state index is -5.01. The zero-order valence-corrected chi connectivity index (χ0v) is 22.2. The fourth-order valence-corrected chi connectivity index (χ4v) is 3.10. The predicted octanol–water partition coefficient (Wildman–Crippen LogP) is 4.63. The quantitative estimate of drug-likeness (QED) is 0.129. The average molecular weight is 601 g/mol. The van der Waals surface area contributed by atoms with E-state index in [0.717, 1.165) is 0 Å². The lowest BCUT2D eigenvalue weighted by Crippen LogP contribution is -2.29. The second kappa shape index (κ2) is 14.7. The summed E-state index contributed by atoms with van der Waals surface area (Å²) >= 11 is 0. The molecule has 42 heavy (non-hydrogen) atoms. The number of nitrogens with one attached hydrogen (secondary N) is 4. The highest BCUT2D eigenvalue weighted by molar-refractivity contribution is 6.01. The number of amides is 4. The Morgan fingerprint density at radius 3 is 1.19 bits per heavy atom. The van der Waals surface area contributed by atoms with E-state index >= 15 is 0 Å². The van der Waals surface area contributed by atoms with Gasteiger partial charge in [0.05, 0.1) is 11.4 Å². The van der Waals surface area contributed by atoms with Crippen LogP contribution >= 0.6 is 0 Å². The Kier molecular flexibility index (Phi) is 11.7. The molecule has 10 nitrogen and oxygen atoms in total. The zero-order valence-electron chi connectivity index (χ0n) is 22.2. The highest BCUT2D eigenvalue weighted by Crippen LogP contribution is 2.20. The number of anilines is 2. The molecular formula is C26H26F6N6O4. The molecule has 0 aliphatic carbocycles. The predicted molar refractivity (Wildman–Crippen MR) is 141 cm³/mol. The van der Waals surface area contributed by atoms with Crippen LogP contribution in [0.15, 0.2) is 58.7 Å². The normalized spacial score (nSPS) is 12.4. The Labute approximate surface area is 235 Å². The van der Waals surface area contributed by atoms with E-state index in [1.54, 1.807) is 24.5 Å². The van der Waals surface area contributed by atoms with Crippen molar-refractivity contribution in [3.8, 4) is 0 Å². The van der Waals surface area contributed by atoms with E-state index in [1.807, 2.05) is 0 Å². The number of halogens is 6. The van der Waals surface area contributed by atoms with Gasteiger partial charge in [0.2, 0.25) is 11.8 Å². The minimum absolute atomic E-state index is 0.0592. The SMILES string of the molecule is CC(=NNC(=O)CCCCC(=O)NN=C(C)c1ccc(NC(=O)C(F)(F)F)cc1)c1ccc(NC(=O)C(F)(F)F)cc1. The van der Waals surface area contributed by atoms with Crippen molar-refractivity contribution in [1.82, 2.24) is 10.9 Å². The highest BCUT2D eigenvalue weighted by Gasteiger charge is 2.39. The lowest BCUT2D eigenvalue weighted by atomic mass is 10.1. The van der Waals surface area contributed by atoms with Gasteiger partial charge in [-0.25, -0.2) is 10.9 Å². The Morgan fingerprint density at radius 2 is 0.905 bits per heavy atom. The van der Waals surface area contributed by atoms with Crippen molar-refractivity contribution in [3.63, 3.8) is 0 Å². The molecular weight excluding hydrogens is 574 g/mol. The number of unbranched alkanes of at least 4 members (excludes halogenated alkanes) is 1. The number of hydrogen-bond acceptors (Lipinski definition) is 6.